The van der Waals surface area contributed by atoms with E-state index in [2.05, 4.69) is 28.5 Å². The summed E-state index contributed by atoms with van der Waals surface area (Å²) in [5, 5.41) is 0. The number of hydrogen-bond donors (Lipinski definition) is 1. The summed E-state index contributed by atoms with van der Waals surface area (Å²) in [4.78, 5) is 34.9. The number of carbonyl (C=O) groups excluding carboxylic acids is 1. The number of fused-ring (bicyclic) bond motifs is 5. The number of hydrogen-bond acceptors (Lipinski definition) is 8. The largest absolute Gasteiger partial charge is 0.475 e. The summed E-state index contributed by atoms with van der Waals surface area (Å²) >= 11 is 0. The minimum absolute atomic E-state index is 0.0685. The van der Waals surface area contributed by atoms with Crippen LogP contribution in [-0.2, 0) is 23.6 Å². The molecule has 48 heavy (non-hydrogen) atoms. The monoisotopic (exact) mass is 665 g/mol. The molecule has 1 N–H and O–H groups in total. The zero-order chi connectivity index (χ0) is 33.7. The first kappa shape index (κ1) is 31.7. The summed E-state index contributed by atoms with van der Waals surface area (Å²) in [6.45, 7) is 8.54. The van der Waals surface area contributed by atoms with Gasteiger partial charge in [0.05, 0.1) is 35.1 Å². The van der Waals surface area contributed by atoms with Crippen molar-refractivity contribution < 1.29 is 17.9 Å². The second kappa shape index (κ2) is 12.3. The molecule has 2 aliphatic rings. The van der Waals surface area contributed by atoms with Gasteiger partial charge in [0.1, 0.15) is 12.1 Å². The number of nitrogens with zero attached hydrogens (tertiary/aromatic N) is 6. The molecular formula is C36H39N7O4S. The van der Waals surface area contributed by atoms with Crippen LogP contribution in [0.1, 0.15) is 71.9 Å². The van der Waals surface area contributed by atoms with Gasteiger partial charge < -0.3 is 14.2 Å². The highest BCUT2D eigenvalue weighted by atomic mass is 32.2. The molecule has 1 aliphatic heterocycles. The highest BCUT2D eigenvalue weighted by molar-refractivity contribution is 7.92. The summed E-state index contributed by atoms with van der Waals surface area (Å²) in [7, 11) is -2.18. The first-order chi connectivity index (χ1) is 23.0. The van der Waals surface area contributed by atoms with Crippen LogP contribution in [0.5, 0.6) is 5.88 Å². The zero-order valence-corrected chi connectivity index (χ0v) is 28.6. The van der Waals surface area contributed by atoms with E-state index in [1.807, 2.05) is 49.7 Å². The van der Waals surface area contributed by atoms with Gasteiger partial charge in [0.15, 0.2) is 5.65 Å². The maximum Gasteiger partial charge on any atom is 0.264 e. The van der Waals surface area contributed by atoms with Crippen LogP contribution in [0.25, 0.3) is 22.4 Å². The maximum atomic E-state index is 14.4. The van der Waals surface area contributed by atoms with Crippen LogP contribution < -0.4 is 9.46 Å². The number of anilines is 1. The minimum Gasteiger partial charge on any atom is -0.475 e. The average molecular weight is 666 g/mol. The summed E-state index contributed by atoms with van der Waals surface area (Å²) in [5.74, 6) is 0.547. The van der Waals surface area contributed by atoms with E-state index in [0.717, 1.165) is 52.8 Å². The van der Waals surface area contributed by atoms with E-state index in [-0.39, 0.29) is 47.4 Å². The van der Waals surface area contributed by atoms with E-state index in [1.165, 1.54) is 12.1 Å². The van der Waals surface area contributed by atoms with Crippen LogP contribution in [0.2, 0.25) is 0 Å². The van der Waals surface area contributed by atoms with Gasteiger partial charge in [0.25, 0.3) is 15.9 Å². The summed E-state index contributed by atoms with van der Waals surface area (Å²) in [6.07, 6.45) is 4.60. The smallest absolute Gasteiger partial charge is 0.264 e. The lowest BCUT2D eigenvalue weighted by Gasteiger charge is -2.32. The van der Waals surface area contributed by atoms with Gasteiger partial charge in [-0.2, -0.15) is 4.98 Å². The lowest BCUT2D eigenvalue weighted by molar-refractivity contribution is 0.0561. The van der Waals surface area contributed by atoms with Gasteiger partial charge in [0.2, 0.25) is 11.8 Å². The Labute approximate surface area is 280 Å². The number of amides is 1. The Balaban J connectivity index is 1.34. The topological polar surface area (TPSA) is 132 Å². The van der Waals surface area contributed by atoms with Crippen LogP contribution in [0.15, 0.2) is 65.7 Å². The van der Waals surface area contributed by atoms with Crippen molar-refractivity contribution in [1.29, 1.82) is 0 Å². The second-order valence-electron chi connectivity index (χ2n) is 13.2. The summed E-state index contributed by atoms with van der Waals surface area (Å²) in [6, 6.07) is 15.4. The lowest BCUT2D eigenvalue weighted by Crippen LogP contribution is -2.44. The third-order valence-corrected chi connectivity index (χ3v) is 10.6. The molecule has 4 heterocycles. The van der Waals surface area contributed by atoms with E-state index in [1.54, 1.807) is 29.3 Å². The van der Waals surface area contributed by atoms with Gasteiger partial charge in [-0.05, 0) is 67.5 Å². The van der Waals surface area contributed by atoms with Crippen molar-refractivity contribution in [2.24, 2.45) is 13.0 Å². The zero-order valence-electron chi connectivity index (χ0n) is 27.8. The standard InChI is InChI=1S/C36H39N7O4S/c1-21(2)31-16-30-34(42(31)5)38-26(18-37-30)19-43-27(14-24-12-13-24)20-47-32-17-29(33-22(3)8-6-9-23(33)4)39-36(40-32)41-48(45,46)28-11-7-10-25(15-28)35(43)44/h6-11,15-18,21,24,27H,12-14,19-20H2,1-5H3,(H,39,40,41)/t27-/m1/s1. The van der Waals surface area contributed by atoms with E-state index in [9.17, 15) is 13.2 Å². The molecule has 7 rings (SSSR count). The molecule has 12 heteroatoms. The summed E-state index contributed by atoms with van der Waals surface area (Å²) < 4.78 is 38.3. The van der Waals surface area contributed by atoms with Crippen LogP contribution in [0, 0.1) is 19.8 Å². The Kier molecular flexibility index (Phi) is 8.14. The van der Waals surface area contributed by atoms with Crippen LogP contribution in [0.4, 0.5) is 5.95 Å². The Morgan fingerprint density at radius 1 is 1.00 bits per heavy atom. The molecule has 248 valence electrons. The van der Waals surface area contributed by atoms with E-state index < -0.39 is 10.0 Å². The number of benzene rings is 2. The molecule has 0 radical (unpaired) electrons. The average Bonchev–Trinajstić information content (AvgIpc) is 3.81. The summed E-state index contributed by atoms with van der Waals surface area (Å²) in [5.41, 5.74) is 6.92. The minimum atomic E-state index is -4.16. The maximum absolute atomic E-state index is 14.4. The van der Waals surface area contributed by atoms with Crippen molar-refractivity contribution >= 4 is 33.0 Å². The molecule has 4 bridgehead atoms. The van der Waals surface area contributed by atoms with Gasteiger partial charge in [0, 0.05) is 29.9 Å². The molecule has 0 spiro atoms. The van der Waals surface area contributed by atoms with Crippen molar-refractivity contribution in [3.8, 4) is 17.1 Å². The Hall–Kier alpha value is -4.84. The van der Waals surface area contributed by atoms with E-state index in [4.69, 9.17) is 14.7 Å². The fourth-order valence-corrected chi connectivity index (χ4v) is 7.53. The van der Waals surface area contributed by atoms with Crippen molar-refractivity contribution in [2.75, 3.05) is 11.3 Å². The second-order valence-corrected chi connectivity index (χ2v) is 14.9. The van der Waals surface area contributed by atoms with Crippen LogP contribution >= 0.6 is 0 Å². The first-order valence-corrected chi connectivity index (χ1v) is 17.8. The number of ether oxygens (including phenoxy) is 1. The predicted octanol–water partition coefficient (Wildman–Crippen LogP) is 6.17. The van der Waals surface area contributed by atoms with Gasteiger partial charge in [-0.1, -0.05) is 51.0 Å². The number of aryl methyl sites for hydroxylation is 3. The van der Waals surface area contributed by atoms with Crippen LogP contribution in [-0.4, -0.2) is 56.4 Å². The Morgan fingerprint density at radius 2 is 1.75 bits per heavy atom. The number of sulfonamides is 1. The van der Waals surface area contributed by atoms with E-state index >= 15 is 0 Å². The highest BCUT2D eigenvalue weighted by Crippen LogP contribution is 2.36. The predicted molar refractivity (Wildman–Crippen MR) is 183 cm³/mol. The fourth-order valence-electron chi connectivity index (χ4n) is 6.54. The first-order valence-electron chi connectivity index (χ1n) is 16.3. The lowest BCUT2D eigenvalue weighted by atomic mass is 10.00. The molecule has 11 nitrogen and oxygen atoms in total. The Morgan fingerprint density at radius 3 is 2.48 bits per heavy atom. The molecule has 1 aliphatic carbocycles. The molecule has 5 aromatic rings. The third kappa shape index (κ3) is 6.24. The molecule has 0 unspecified atom stereocenters. The van der Waals surface area contributed by atoms with Crippen molar-refractivity contribution in [3.63, 3.8) is 0 Å². The quantitative estimate of drug-likeness (QED) is 0.228. The SMILES string of the molecule is Cc1cccc(C)c1-c1cc2nc(n1)NS(=O)(=O)c1cccc(c1)C(=O)N(Cc1cnc3cc(C(C)C)n(C)c3n1)[C@H](CC1CC1)CO2. The molecular weight excluding hydrogens is 627 g/mol. The van der Waals surface area contributed by atoms with Gasteiger partial charge >= 0.3 is 0 Å². The van der Waals surface area contributed by atoms with Crippen molar-refractivity contribution in [1.82, 2.24) is 29.4 Å². The number of nitrogens with one attached hydrogen (secondary N) is 1. The molecule has 1 amide bonds. The van der Waals surface area contributed by atoms with Crippen molar-refractivity contribution in [3.05, 3.63) is 88.9 Å². The fraction of sp³-hybridized carbons (Fsp3) is 0.361. The molecule has 2 aromatic carbocycles. The number of rotatable bonds is 6. The van der Waals surface area contributed by atoms with E-state index in [0.29, 0.717) is 23.2 Å². The normalized spacial score (nSPS) is 17.8. The highest BCUT2D eigenvalue weighted by Gasteiger charge is 2.34. The number of carbonyl (C=O) groups is 1. The molecule has 1 saturated carbocycles. The Bertz CT molecular complexity index is 2140. The molecule has 1 atom stereocenters. The van der Waals surface area contributed by atoms with Crippen LogP contribution in [0.3, 0.4) is 0 Å². The van der Waals surface area contributed by atoms with Gasteiger partial charge in [-0.3, -0.25) is 9.78 Å². The third-order valence-electron chi connectivity index (χ3n) is 9.23. The molecule has 0 saturated heterocycles. The van der Waals surface area contributed by atoms with Crippen molar-refractivity contribution in [2.45, 2.75) is 70.4 Å². The number of aromatic nitrogens is 5. The van der Waals surface area contributed by atoms with Gasteiger partial charge in [-0.25, -0.2) is 23.1 Å². The van der Waals surface area contributed by atoms with Gasteiger partial charge in [-0.15, -0.1) is 0 Å². The molecule has 3 aromatic heterocycles. The molecule has 1 fully saturated rings.